The Bertz CT molecular complexity index is 676. The van der Waals surface area contributed by atoms with Crippen LogP contribution in [0.4, 0.5) is 0 Å². The van der Waals surface area contributed by atoms with Crippen molar-refractivity contribution >= 4 is 10.0 Å². The Kier molecular flexibility index (Phi) is 4.68. The smallest absolute Gasteiger partial charge is 0.217 e. The molecular formula is C18H28N2O4S. The van der Waals surface area contributed by atoms with E-state index in [1.165, 1.54) is 0 Å². The zero-order valence-corrected chi connectivity index (χ0v) is 15.7. The average Bonchev–Trinajstić information content (AvgIpc) is 3.25. The molecule has 1 unspecified atom stereocenters. The first kappa shape index (κ1) is 17.5. The van der Waals surface area contributed by atoms with Crippen LogP contribution in [-0.4, -0.2) is 62.8 Å². The molecule has 2 saturated heterocycles. The van der Waals surface area contributed by atoms with E-state index in [4.69, 9.17) is 9.15 Å². The molecule has 3 aliphatic rings. The van der Waals surface area contributed by atoms with E-state index < -0.39 is 10.0 Å². The zero-order chi connectivity index (χ0) is 17.5. The molecule has 6 nitrogen and oxygen atoms in total. The second kappa shape index (κ2) is 6.68. The van der Waals surface area contributed by atoms with Gasteiger partial charge in [-0.3, -0.25) is 4.90 Å². The van der Waals surface area contributed by atoms with Gasteiger partial charge in [0, 0.05) is 26.1 Å². The van der Waals surface area contributed by atoms with Gasteiger partial charge in [0.1, 0.15) is 5.76 Å². The fraction of sp³-hybridized carbons (Fsp3) is 0.778. The van der Waals surface area contributed by atoms with Crippen LogP contribution in [0.15, 0.2) is 22.8 Å². The van der Waals surface area contributed by atoms with Gasteiger partial charge in [0.2, 0.25) is 10.0 Å². The highest BCUT2D eigenvalue weighted by molar-refractivity contribution is 7.90. The van der Waals surface area contributed by atoms with E-state index in [9.17, 15) is 8.42 Å². The molecule has 1 aromatic heterocycles. The lowest BCUT2D eigenvalue weighted by atomic mass is 9.71. The van der Waals surface area contributed by atoms with E-state index in [0.29, 0.717) is 25.6 Å². The predicted octanol–water partition coefficient (Wildman–Crippen LogP) is 1.93. The number of ether oxygens (including phenoxy) is 1. The highest BCUT2D eigenvalue weighted by Crippen LogP contribution is 2.47. The van der Waals surface area contributed by atoms with Crippen molar-refractivity contribution in [2.24, 2.45) is 11.3 Å². The molecule has 2 aliphatic heterocycles. The van der Waals surface area contributed by atoms with Crippen molar-refractivity contribution in [3.05, 3.63) is 24.2 Å². The maximum absolute atomic E-state index is 12.7. The summed E-state index contributed by atoms with van der Waals surface area (Å²) in [5.41, 5.74) is 0.0671. The van der Waals surface area contributed by atoms with Gasteiger partial charge in [-0.25, -0.2) is 12.7 Å². The number of piperidine rings is 1. The van der Waals surface area contributed by atoms with Crippen molar-refractivity contribution in [1.82, 2.24) is 9.21 Å². The molecule has 0 amide bonds. The van der Waals surface area contributed by atoms with Crippen LogP contribution in [-0.2, 0) is 21.3 Å². The summed E-state index contributed by atoms with van der Waals surface area (Å²) in [4.78, 5) is 2.41. The van der Waals surface area contributed by atoms with Gasteiger partial charge in [0.25, 0.3) is 0 Å². The number of hydrogen-bond acceptors (Lipinski definition) is 5. The minimum atomic E-state index is -3.10. The Morgan fingerprint density at radius 1 is 1.32 bits per heavy atom. The van der Waals surface area contributed by atoms with Gasteiger partial charge in [0.15, 0.2) is 0 Å². The molecule has 1 spiro atoms. The summed E-state index contributed by atoms with van der Waals surface area (Å²) in [6, 6.07) is 3.94. The molecule has 1 aliphatic carbocycles. The molecule has 1 aromatic rings. The van der Waals surface area contributed by atoms with Crippen molar-refractivity contribution in [3.8, 4) is 0 Å². The summed E-state index contributed by atoms with van der Waals surface area (Å²) >= 11 is 0. The summed E-state index contributed by atoms with van der Waals surface area (Å²) < 4.78 is 38.1. The Morgan fingerprint density at radius 2 is 2.08 bits per heavy atom. The quantitative estimate of drug-likeness (QED) is 0.768. The molecule has 25 heavy (non-hydrogen) atoms. The van der Waals surface area contributed by atoms with Crippen LogP contribution in [0.3, 0.4) is 0 Å². The van der Waals surface area contributed by atoms with Crippen molar-refractivity contribution in [1.29, 1.82) is 0 Å². The van der Waals surface area contributed by atoms with E-state index in [1.54, 1.807) is 17.7 Å². The van der Waals surface area contributed by atoms with Crippen LogP contribution in [0.2, 0.25) is 0 Å². The third-order valence-electron chi connectivity index (χ3n) is 6.27. The molecule has 1 saturated carbocycles. The Labute approximate surface area is 150 Å². The molecule has 1 atom stereocenters. The van der Waals surface area contributed by atoms with E-state index in [-0.39, 0.29) is 10.7 Å². The zero-order valence-electron chi connectivity index (χ0n) is 14.9. The van der Waals surface area contributed by atoms with Gasteiger partial charge in [-0.15, -0.1) is 0 Å². The van der Waals surface area contributed by atoms with Crippen molar-refractivity contribution < 1.29 is 17.6 Å². The molecule has 0 aromatic carbocycles. The van der Waals surface area contributed by atoms with Crippen molar-refractivity contribution in [2.45, 2.75) is 37.5 Å². The molecule has 0 bridgehead atoms. The van der Waals surface area contributed by atoms with Gasteiger partial charge in [0.05, 0.1) is 24.7 Å². The number of hydrogen-bond donors (Lipinski definition) is 0. The third-order valence-corrected chi connectivity index (χ3v) is 8.58. The van der Waals surface area contributed by atoms with Crippen LogP contribution < -0.4 is 0 Å². The second-order valence-corrected chi connectivity index (χ2v) is 10.1. The number of sulfonamides is 1. The second-order valence-electron chi connectivity index (χ2n) is 7.91. The molecule has 4 rings (SSSR count). The molecule has 140 valence electrons. The monoisotopic (exact) mass is 368 g/mol. The van der Waals surface area contributed by atoms with Crippen molar-refractivity contribution in [2.75, 3.05) is 39.9 Å². The van der Waals surface area contributed by atoms with Crippen LogP contribution in [0.25, 0.3) is 0 Å². The van der Waals surface area contributed by atoms with Gasteiger partial charge >= 0.3 is 0 Å². The van der Waals surface area contributed by atoms with Gasteiger partial charge < -0.3 is 9.15 Å². The Hall–Kier alpha value is -0.890. The summed E-state index contributed by atoms with van der Waals surface area (Å²) in [5, 5.41) is -0.120. The fourth-order valence-electron chi connectivity index (χ4n) is 4.53. The Balaban J connectivity index is 1.44. The summed E-state index contributed by atoms with van der Waals surface area (Å²) in [5.74, 6) is 1.30. The molecule has 0 N–H and O–H groups in total. The normalized spacial score (nSPS) is 28.0. The highest BCUT2D eigenvalue weighted by atomic mass is 32.2. The largest absolute Gasteiger partial charge is 0.468 e. The lowest BCUT2D eigenvalue weighted by Crippen LogP contribution is -2.45. The lowest BCUT2D eigenvalue weighted by Gasteiger charge is -2.42. The van der Waals surface area contributed by atoms with Gasteiger partial charge in [-0.1, -0.05) is 0 Å². The number of likely N-dealkylation sites (tertiary alicyclic amines) is 1. The minimum absolute atomic E-state index is 0.0671. The maximum atomic E-state index is 12.7. The Morgan fingerprint density at radius 3 is 2.68 bits per heavy atom. The molecular weight excluding hydrogens is 340 g/mol. The van der Waals surface area contributed by atoms with Crippen LogP contribution in [0, 0.1) is 11.3 Å². The fourth-order valence-corrected chi connectivity index (χ4v) is 6.51. The topological polar surface area (TPSA) is 63.0 Å². The van der Waals surface area contributed by atoms with E-state index in [1.807, 2.05) is 12.1 Å². The first-order chi connectivity index (χ1) is 12.0. The summed E-state index contributed by atoms with van der Waals surface area (Å²) in [6.45, 7) is 4.76. The number of methoxy groups -OCH3 is 1. The third kappa shape index (κ3) is 3.39. The maximum Gasteiger partial charge on any atom is 0.217 e. The van der Waals surface area contributed by atoms with Crippen LogP contribution in [0.5, 0.6) is 0 Å². The number of furan rings is 1. The minimum Gasteiger partial charge on any atom is -0.468 e. The summed E-state index contributed by atoms with van der Waals surface area (Å²) in [6.07, 6.45) is 5.43. The van der Waals surface area contributed by atoms with E-state index in [0.717, 1.165) is 51.1 Å². The highest BCUT2D eigenvalue weighted by Gasteiger charge is 2.53. The van der Waals surface area contributed by atoms with E-state index >= 15 is 0 Å². The van der Waals surface area contributed by atoms with Crippen molar-refractivity contribution in [3.63, 3.8) is 0 Å². The van der Waals surface area contributed by atoms with Crippen LogP contribution >= 0.6 is 0 Å². The molecule has 0 radical (unpaired) electrons. The number of nitrogens with zero attached hydrogens (tertiary/aromatic N) is 2. The van der Waals surface area contributed by atoms with Gasteiger partial charge in [-0.2, -0.15) is 0 Å². The first-order valence-electron chi connectivity index (χ1n) is 9.26. The summed E-state index contributed by atoms with van der Waals surface area (Å²) in [7, 11) is -1.38. The SMILES string of the molecule is COCC1CN(S(=O)(=O)C2CC2)CC12CCN(Cc1ccco1)CC2. The van der Waals surface area contributed by atoms with E-state index in [2.05, 4.69) is 4.90 Å². The predicted molar refractivity (Wildman–Crippen MR) is 94.5 cm³/mol. The average molecular weight is 368 g/mol. The molecule has 3 heterocycles. The van der Waals surface area contributed by atoms with Crippen LogP contribution in [0.1, 0.15) is 31.4 Å². The molecule has 7 heteroatoms. The lowest BCUT2D eigenvalue weighted by molar-refractivity contribution is 0.0338. The number of rotatable bonds is 6. The molecule has 3 fully saturated rings. The first-order valence-corrected chi connectivity index (χ1v) is 10.8. The standard InChI is InChI=1S/C18H28N2O4S/c1-23-13-15-11-20(25(21,22)17-4-5-17)14-18(15)6-8-19(9-7-18)12-16-3-2-10-24-16/h2-3,10,15,17H,4-9,11-14H2,1H3. The van der Waals surface area contributed by atoms with Gasteiger partial charge in [-0.05, 0) is 56.3 Å².